The molecule has 0 aromatic carbocycles. The number of H-pyrrole nitrogens is 1. The molecule has 0 atom stereocenters. The Labute approximate surface area is 166 Å². The highest BCUT2D eigenvalue weighted by atomic mass is 35.5. The predicted molar refractivity (Wildman–Crippen MR) is 104 cm³/mol. The van der Waals surface area contributed by atoms with Crippen LogP contribution in [0.4, 0.5) is 5.13 Å². The third kappa shape index (κ3) is 4.24. The van der Waals surface area contributed by atoms with Crippen LogP contribution >= 0.6 is 22.9 Å². The summed E-state index contributed by atoms with van der Waals surface area (Å²) in [6.07, 6.45) is 3.24. The molecule has 3 N–H and O–H groups in total. The SMILES string of the molecule is CCCCc1nc(N2CC(NC(=O)c3nc(Cl)c(CC)[nH]3)C2)sc1C(=O)O. The molecule has 0 aliphatic carbocycles. The number of aryl methyl sites for hydroxylation is 2. The maximum absolute atomic E-state index is 12.3. The van der Waals surface area contributed by atoms with Crippen LogP contribution in [-0.2, 0) is 12.8 Å². The van der Waals surface area contributed by atoms with E-state index in [1.165, 1.54) is 11.3 Å². The maximum Gasteiger partial charge on any atom is 0.347 e. The summed E-state index contributed by atoms with van der Waals surface area (Å²) in [4.78, 5) is 37.4. The summed E-state index contributed by atoms with van der Waals surface area (Å²) in [5, 5.41) is 13.3. The van der Waals surface area contributed by atoms with Crippen LogP contribution in [-0.4, -0.2) is 51.1 Å². The van der Waals surface area contributed by atoms with Crippen LogP contribution < -0.4 is 10.2 Å². The Morgan fingerprint density at radius 1 is 1.37 bits per heavy atom. The average molecular weight is 412 g/mol. The molecule has 0 spiro atoms. The first kappa shape index (κ1) is 19.6. The minimum atomic E-state index is -0.934. The first-order valence-corrected chi connectivity index (χ1v) is 10.2. The lowest BCUT2D eigenvalue weighted by molar-refractivity contribution is 0.0700. The van der Waals surface area contributed by atoms with Crippen molar-refractivity contribution in [2.24, 2.45) is 0 Å². The Hall–Kier alpha value is -2.13. The largest absolute Gasteiger partial charge is 0.477 e. The average Bonchev–Trinajstić information content (AvgIpc) is 3.19. The summed E-state index contributed by atoms with van der Waals surface area (Å²) in [7, 11) is 0. The number of unbranched alkanes of at least 4 members (excludes halogenated alkanes) is 1. The van der Waals surface area contributed by atoms with Gasteiger partial charge in [0.05, 0.1) is 17.4 Å². The first-order chi connectivity index (χ1) is 12.9. The molecule has 0 radical (unpaired) electrons. The number of carboxylic acids is 1. The minimum Gasteiger partial charge on any atom is -0.477 e. The fourth-order valence-corrected chi connectivity index (χ4v) is 4.10. The molecule has 1 aliphatic heterocycles. The van der Waals surface area contributed by atoms with Gasteiger partial charge >= 0.3 is 5.97 Å². The number of imidazole rings is 1. The van der Waals surface area contributed by atoms with E-state index in [1.54, 1.807) is 0 Å². The van der Waals surface area contributed by atoms with E-state index in [9.17, 15) is 14.7 Å². The van der Waals surface area contributed by atoms with Crippen molar-refractivity contribution in [2.45, 2.75) is 45.6 Å². The van der Waals surface area contributed by atoms with Gasteiger partial charge in [0.1, 0.15) is 4.88 Å². The smallest absolute Gasteiger partial charge is 0.347 e. The Kier molecular flexibility index (Phi) is 6.01. The van der Waals surface area contributed by atoms with E-state index in [4.69, 9.17) is 11.6 Å². The third-order valence-electron chi connectivity index (χ3n) is 4.43. The number of halogens is 1. The van der Waals surface area contributed by atoms with Crippen LogP contribution in [0.5, 0.6) is 0 Å². The van der Waals surface area contributed by atoms with Gasteiger partial charge in [-0.3, -0.25) is 4.79 Å². The molecule has 1 amide bonds. The number of amides is 1. The first-order valence-electron chi connectivity index (χ1n) is 8.96. The number of aromatic amines is 1. The fourth-order valence-electron chi connectivity index (χ4n) is 2.86. The van der Waals surface area contributed by atoms with Crippen LogP contribution in [0.2, 0.25) is 5.15 Å². The van der Waals surface area contributed by atoms with Crippen molar-refractivity contribution in [3.8, 4) is 0 Å². The van der Waals surface area contributed by atoms with Crippen molar-refractivity contribution in [1.82, 2.24) is 20.3 Å². The monoisotopic (exact) mass is 411 g/mol. The number of thiazole rings is 1. The zero-order chi connectivity index (χ0) is 19.6. The maximum atomic E-state index is 12.3. The summed E-state index contributed by atoms with van der Waals surface area (Å²) in [6, 6.07) is -0.0391. The lowest BCUT2D eigenvalue weighted by atomic mass is 10.1. The Balaban J connectivity index is 1.58. The molecule has 1 saturated heterocycles. The molecule has 10 heteroatoms. The number of anilines is 1. The fraction of sp³-hybridized carbons (Fsp3) is 0.529. The normalized spacial score (nSPS) is 14.3. The van der Waals surface area contributed by atoms with Gasteiger partial charge in [0.15, 0.2) is 16.1 Å². The molecule has 1 fully saturated rings. The second-order valence-corrected chi connectivity index (χ2v) is 7.80. The van der Waals surface area contributed by atoms with Crippen LogP contribution in [0.1, 0.15) is 58.4 Å². The number of carboxylic acid groups (broad SMARTS) is 1. The minimum absolute atomic E-state index is 0.0391. The number of hydrogen-bond acceptors (Lipinski definition) is 6. The molecule has 0 saturated carbocycles. The molecule has 3 heterocycles. The molecule has 146 valence electrons. The molecule has 3 rings (SSSR count). The van der Waals surface area contributed by atoms with Crippen LogP contribution in [0, 0.1) is 0 Å². The van der Waals surface area contributed by atoms with Crippen molar-refractivity contribution in [1.29, 1.82) is 0 Å². The number of aromatic nitrogens is 3. The summed E-state index contributed by atoms with van der Waals surface area (Å²) in [5.41, 5.74) is 1.38. The molecule has 0 unspecified atom stereocenters. The number of nitrogens with one attached hydrogen (secondary N) is 2. The molecule has 8 nitrogen and oxygen atoms in total. The lowest BCUT2D eigenvalue weighted by Crippen LogP contribution is -2.59. The zero-order valence-corrected chi connectivity index (χ0v) is 16.8. The summed E-state index contributed by atoms with van der Waals surface area (Å²) >= 11 is 7.16. The highest BCUT2D eigenvalue weighted by molar-refractivity contribution is 7.17. The number of rotatable bonds is 8. The second-order valence-electron chi connectivity index (χ2n) is 6.46. The lowest BCUT2D eigenvalue weighted by Gasteiger charge is -2.39. The van der Waals surface area contributed by atoms with E-state index >= 15 is 0 Å². The Morgan fingerprint density at radius 3 is 2.70 bits per heavy atom. The Bertz CT molecular complexity index is 844. The number of nitrogens with zero attached hydrogens (tertiary/aromatic N) is 3. The predicted octanol–water partition coefficient (Wildman–Crippen LogP) is 2.74. The highest BCUT2D eigenvalue weighted by Crippen LogP contribution is 2.30. The zero-order valence-electron chi connectivity index (χ0n) is 15.2. The van der Waals surface area contributed by atoms with Crippen LogP contribution in [0.15, 0.2) is 0 Å². The molecular weight excluding hydrogens is 390 g/mol. The molecule has 27 heavy (non-hydrogen) atoms. The van der Waals surface area contributed by atoms with Gasteiger partial charge in [-0.15, -0.1) is 0 Å². The van der Waals surface area contributed by atoms with Gasteiger partial charge in [-0.2, -0.15) is 0 Å². The summed E-state index contributed by atoms with van der Waals surface area (Å²) in [5.74, 6) is -1.02. The van der Waals surface area contributed by atoms with Crippen molar-refractivity contribution in [3.63, 3.8) is 0 Å². The van der Waals surface area contributed by atoms with Crippen molar-refractivity contribution < 1.29 is 14.7 Å². The van der Waals surface area contributed by atoms with E-state index in [0.717, 1.165) is 18.5 Å². The molecule has 0 bridgehead atoms. The number of hydrogen-bond donors (Lipinski definition) is 3. The summed E-state index contributed by atoms with van der Waals surface area (Å²) < 4.78 is 0. The van der Waals surface area contributed by atoms with Gasteiger partial charge in [0.25, 0.3) is 5.91 Å². The molecule has 2 aromatic heterocycles. The van der Waals surface area contributed by atoms with E-state index in [2.05, 4.69) is 27.2 Å². The topological polar surface area (TPSA) is 111 Å². The van der Waals surface area contributed by atoms with Gasteiger partial charge in [0, 0.05) is 13.1 Å². The van der Waals surface area contributed by atoms with Crippen LogP contribution in [0.25, 0.3) is 0 Å². The molecule has 2 aromatic rings. The molecular formula is C17H22ClN5O3S. The van der Waals surface area contributed by atoms with Gasteiger partial charge < -0.3 is 20.3 Å². The van der Waals surface area contributed by atoms with Gasteiger partial charge in [-0.05, 0) is 19.3 Å². The number of carbonyl (C=O) groups is 2. The third-order valence-corrected chi connectivity index (χ3v) is 5.89. The summed E-state index contributed by atoms with van der Waals surface area (Å²) in [6.45, 7) is 5.16. The van der Waals surface area contributed by atoms with Gasteiger partial charge in [-0.1, -0.05) is 43.2 Å². The quantitative estimate of drug-likeness (QED) is 0.615. The second kappa shape index (κ2) is 8.26. The van der Waals surface area contributed by atoms with E-state index in [0.29, 0.717) is 46.8 Å². The van der Waals surface area contributed by atoms with Crippen LogP contribution in [0.3, 0.4) is 0 Å². The van der Waals surface area contributed by atoms with Gasteiger partial charge in [0.2, 0.25) is 0 Å². The standard InChI is InChI=1S/C17H22ClN5O3S/c1-3-5-6-11-12(16(25)26)27-17(21-11)23-7-9(8-23)19-15(24)14-20-10(4-2)13(18)22-14/h9H,3-8H2,1-2H3,(H,19,24)(H,20,22)(H,25,26). The Morgan fingerprint density at radius 2 is 2.11 bits per heavy atom. The van der Waals surface area contributed by atoms with E-state index in [-0.39, 0.29) is 17.8 Å². The molecule has 1 aliphatic rings. The van der Waals surface area contributed by atoms with E-state index < -0.39 is 5.97 Å². The highest BCUT2D eigenvalue weighted by Gasteiger charge is 2.32. The van der Waals surface area contributed by atoms with Crippen molar-refractivity contribution >= 4 is 39.9 Å². The van der Waals surface area contributed by atoms with Crippen molar-refractivity contribution in [3.05, 3.63) is 27.2 Å². The van der Waals surface area contributed by atoms with E-state index in [1.807, 2.05) is 11.8 Å². The number of aromatic carboxylic acids is 1. The van der Waals surface area contributed by atoms with Crippen molar-refractivity contribution in [2.75, 3.05) is 18.0 Å². The van der Waals surface area contributed by atoms with Gasteiger partial charge in [-0.25, -0.2) is 14.8 Å². The number of carbonyl (C=O) groups excluding carboxylic acids is 1.